The average molecular weight is 267 g/mol. The summed E-state index contributed by atoms with van der Waals surface area (Å²) in [6.07, 6.45) is 1.21. The van der Waals surface area contributed by atoms with Crippen molar-refractivity contribution in [3.8, 4) is 0 Å². The first kappa shape index (κ1) is 16.3. The summed E-state index contributed by atoms with van der Waals surface area (Å²) in [5.41, 5.74) is -1.11. The third-order valence-electron chi connectivity index (χ3n) is 2.44. The van der Waals surface area contributed by atoms with E-state index in [9.17, 15) is 18.3 Å². The van der Waals surface area contributed by atoms with Crippen molar-refractivity contribution in [3.63, 3.8) is 0 Å². The number of hydrogen-bond acceptors (Lipinski definition) is 5. The van der Waals surface area contributed by atoms with Gasteiger partial charge in [-0.2, -0.15) is 0 Å². The molecule has 0 fully saturated rings. The first-order chi connectivity index (χ1) is 7.66. The molecule has 0 aliphatic heterocycles. The van der Waals surface area contributed by atoms with Crippen molar-refractivity contribution in [1.29, 1.82) is 0 Å². The van der Waals surface area contributed by atoms with Gasteiger partial charge in [0.25, 0.3) is 0 Å². The predicted molar refractivity (Wildman–Crippen MR) is 63.9 cm³/mol. The summed E-state index contributed by atoms with van der Waals surface area (Å²) in [5, 5.41) is 8.53. The zero-order valence-electron chi connectivity index (χ0n) is 10.7. The van der Waals surface area contributed by atoms with E-state index in [-0.39, 0.29) is 6.54 Å². The van der Waals surface area contributed by atoms with Crippen LogP contribution in [0.3, 0.4) is 0 Å². The molecule has 0 amide bonds. The van der Waals surface area contributed by atoms with Crippen LogP contribution in [0.5, 0.6) is 0 Å². The Hall–Kier alpha value is -0.660. The monoisotopic (exact) mass is 267 g/mol. The molecule has 0 radical (unpaired) electrons. The lowest BCUT2D eigenvalue weighted by molar-refractivity contribution is -0.139. The summed E-state index contributed by atoms with van der Waals surface area (Å²) in [6.45, 7) is 4.55. The lowest BCUT2D eigenvalue weighted by Gasteiger charge is -2.23. The van der Waals surface area contributed by atoms with Crippen LogP contribution in [0.15, 0.2) is 0 Å². The van der Waals surface area contributed by atoms with Crippen LogP contribution >= 0.6 is 0 Å². The van der Waals surface area contributed by atoms with Gasteiger partial charge in [-0.05, 0) is 20.3 Å². The molecule has 0 aliphatic carbocycles. The third kappa shape index (κ3) is 5.47. The quantitative estimate of drug-likeness (QED) is 0.634. The number of esters is 1. The van der Waals surface area contributed by atoms with Gasteiger partial charge in [-0.3, -0.25) is 4.79 Å². The second-order valence-corrected chi connectivity index (χ2v) is 6.36. The number of aliphatic hydroxyl groups is 1. The number of ether oxygens (including phenoxy) is 1. The molecule has 0 aromatic carbocycles. The first-order valence-corrected chi connectivity index (χ1v) is 6.99. The molecule has 2 atom stereocenters. The minimum Gasteiger partial charge on any atom is -0.468 e. The molecule has 0 saturated heterocycles. The van der Waals surface area contributed by atoms with Gasteiger partial charge in [-0.15, -0.1) is 0 Å². The normalized spacial score (nSPS) is 17.2. The van der Waals surface area contributed by atoms with E-state index in [0.717, 1.165) is 13.5 Å². The number of nitrogens with one attached hydrogen (secondary N) is 1. The molecule has 0 aromatic rings. The molecule has 2 N–H and O–H groups in total. The molecule has 2 unspecified atom stereocenters. The SMILES string of the molecule is CCCC(C)(O)CNS(=O)(=O)C(C)C(=O)OC. The van der Waals surface area contributed by atoms with Gasteiger partial charge in [0.05, 0.1) is 12.7 Å². The number of hydrogen-bond donors (Lipinski definition) is 2. The molecule has 0 aliphatic rings. The van der Waals surface area contributed by atoms with Gasteiger partial charge in [0.2, 0.25) is 10.0 Å². The van der Waals surface area contributed by atoms with Crippen molar-refractivity contribution >= 4 is 16.0 Å². The average Bonchev–Trinajstić information content (AvgIpc) is 2.24. The highest BCUT2D eigenvalue weighted by molar-refractivity contribution is 7.90. The summed E-state index contributed by atoms with van der Waals surface area (Å²) >= 11 is 0. The van der Waals surface area contributed by atoms with Gasteiger partial charge in [-0.25, -0.2) is 13.1 Å². The van der Waals surface area contributed by atoms with Crippen LogP contribution in [0.1, 0.15) is 33.6 Å². The lowest BCUT2D eigenvalue weighted by Crippen LogP contribution is -2.45. The van der Waals surface area contributed by atoms with Crippen molar-refractivity contribution in [2.24, 2.45) is 0 Å². The summed E-state index contributed by atoms with van der Waals surface area (Å²) in [5.74, 6) is -0.826. The summed E-state index contributed by atoms with van der Waals surface area (Å²) in [7, 11) is -2.68. The molecule has 102 valence electrons. The maximum Gasteiger partial charge on any atom is 0.325 e. The predicted octanol–water partition coefficient (Wildman–Crippen LogP) is 0.0184. The molecule has 6 nitrogen and oxygen atoms in total. The summed E-state index contributed by atoms with van der Waals surface area (Å²) in [6, 6.07) is 0. The van der Waals surface area contributed by atoms with Crippen LogP contribution < -0.4 is 4.72 Å². The van der Waals surface area contributed by atoms with Crippen molar-refractivity contribution in [1.82, 2.24) is 4.72 Å². The highest BCUT2D eigenvalue weighted by atomic mass is 32.2. The Balaban J connectivity index is 4.52. The fraction of sp³-hybridized carbons (Fsp3) is 0.900. The molecular weight excluding hydrogens is 246 g/mol. The number of carbonyl (C=O) groups is 1. The number of methoxy groups -OCH3 is 1. The van der Waals surface area contributed by atoms with Crippen LogP contribution in [0.4, 0.5) is 0 Å². The van der Waals surface area contributed by atoms with Crippen LogP contribution in [0, 0.1) is 0 Å². The Morgan fingerprint density at radius 1 is 1.53 bits per heavy atom. The van der Waals surface area contributed by atoms with E-state index in [1.807, 2.05) is 6.92 Å². The maximum absolute atomic E-state index is 11.7. The van der Waals surface area contributed by atoms with E-state index in [4.69, 9.17) is 0 Å². The van der Waals surface area contributed by atoms with Crippen molar-refractivity contribution in [2.75, 3.05) is 13.7 Å². The van der Waals surface area contributed by atoms with Crippen LogP contribution in [-0.4, -0.2) is 44.0 Å². The van der Waals surface area contributed by atoms with Gasteiger partial charge in [0.1, 0.15) is 0 Å². The molecule has 0 aromatic heterocycles. The smallest absolute Gasteiger partial charge is 0.325 e. The second kappa shape index (κ2) is 6.32. The van der Waals surface area contributed by atoms with E-state index in [2.05, 4.69) is 9.46 Å². The van der Waals surface area contributed by atoms with Gasteiger partial charge in [0, 0.05) is 6.54 Å². The van der Waals surface area contributed by atoms with E-state index < -0.39 is 26.8 Å². The van der Waals surface area contributed by atoms with Crippen LogP contribution in [0.25, 0.3) is 0 Å². The minimum absolute atomic E-state index is 0.121. The third-order valence-corrected chi connectivity index (χ3v) is 4.11. The fourth-order valence-corrected chi connectivity index (χ4v) is 2.41. The van der Waals surface area contributed by atoms with E-state index in [0.29, 0.717) is 6.42 Å². The van der Waals surface area contributed by atoms with Crippen molar-refractivity contribution in [2.45, 2.75) is 44.5 Å². The molecule has 0 saturated carbocycles. The van der Waals surface area contributed by atoms with E-state index in [1.165, 1.54) is 6.92 Å². The van der Waals surface area contributed by atoms with Crippen LogP contribution in [-0.2, 0) is 19.6 Å². The standard InChI is InChI=1S/C10H21NO5S/c1-5-6-10(3,13)7-11-17(14,15)8(2)9(12)16-4/h8,11,13H,5-7H2,1-4H3. The zero-order valence-corrected chi connectivity index (χ0v) is 11.5. The van der Waals surface area contributed by atoms with Gasteiger partial charge >= 0.3 is 5.97 Å². The molecular formula is C10H21NO5S. The van der Waals surface area contributed by atoms with Crippen molar-refractivity contribution < 1.29 is 23.1 Å². The van der Waals surface area contributed by atoms with Crippen molar-refractivity contribution in [3.05, 3.63) is 0 Å². The Bertz CT molecular complexity index is 350. The molecule has 0 heterocycles. The summed E-state index contributed by atoms with van der Waals surface area (Å²) in [4.78, 5) is 11.1. The minimum atomic E-state index is -3.81. The Kier molecular flexibility index (Phi) is 6.08. The van der Waals surface area contributed by atoms with Gasteiger partial charge in [0.15, 0.2) is 5.25 Å². The molecule has 0 bridgehead atoms. The van der Waals surface area contributed by atoms with Crippen LogP contribution in [0.2, 0.25) is 0 Å². The maximum atomic E-state index is 11.7. The zero-order chi connectivity index (χ0) is 13.7. The number of carbonyl (C=O) groups excluding carboxylic acids is 1. The molecule has 0 spiro atoms. The highest BCUT2D eigenvalue weighted by Gasteiger charge is 2.31. The van der Waals surface area contributed by atoms with E-state index >= 15 is 0 Å². The lowest BCUT2D eigenvalue weighted by atomic mass is 10.0. The molecule has 17 heavy (non-hydrogen) atoms. The molecule has 0 rings (SSSR count). The fourth-order valence-electron chi connectivity index (χ4n) is 1.30. The topological polar surface area (TPSA) is 92.7 Å². The number of sulfonamides is 1. The molecule has 7 heteroatoms. The number of rotatable bonds is 7. The summed E-state index contributed by atoms with van der Waals surface area (Å²) < 4.78 is 29.9. The Labute approximate surface area is 102 Å². The Morgan fingerprint density at radius 2 is 2.06 bits per heavy atom. The largest absolute Gasteiger partial charge is 0.468 e. The second-order valence-electron chi connectivity index (χ2n) is 4.28. The highest BCUT2D eigenvalue weighted by Crippen LogP contribution is 2.11. The Morgan fingerprint density at radius 3 is 2.47 bits per heavy atom. The first-order valence-electron chi connectivity index (χ1n) is 5.45. The van der Waals surface area contributed by atoms with E-state index in [1.54, 1.807) is 6.92 Å². The van der Waals surface area contributed by atoms with Gasteiger partial charge in [-0.1, -0.05) is 13.3 Å². The van der Waals surface area contributed by atoms with Gasteiger partial charge < -0.3 is 9.84 Å².